The van der Waals surface area contributed by atoms with E-state index in [9.17, 15) is 9.59 Å². The molecule has 4 aromatic rings. The van der Waals surface area contributed by atoms with Crippen LogP contribution in [-0.2, 0) is 0 Å². The summed E-state index contributed by atoms with van der Waals surface area (Å²) in [5, 5.41) is 4.29. The summed E-state index contributed by atoms with van der Waals surface area (Å²) in [4.78, 5) is 38.0. The van der Waals surface area contributed by atoms with E-state index in [0.717, 1.165) is 12.0 Å². The molecule has 36 heavy (non-hydrogen) atoms. The van der Waals surface area contributed by atoms with Crippen LogP contribution in [0.25, 0.3) is 22.3 Å². The predicted octanol–water partition coefficient (Wildman–Crippen LogP) is 4.15. The highest BCUT2D eigenvalue weighted by molar-refractivity contribution is 6.05. The summed E-state index contributed by atoms with van der Waals surface area (Å²) >= 11 is 0. The Hall–Kier alpha value is -4.04. The smallest absolute Gasteiger partial charge is 0.271 e. The average Bonchev–Trinajstić information content (AvgIpc) is 2.94. The van der Waals surface area contributed by atoms with Crippen LogP contribution < -0.4 is 10.3 Å². The maximum Gasteiger partial charge on any atom is 0.271 e. The number of aromatic nitrogens is 2. The summed E-state index contributed by atoms with van der Waals surface area (Å²) in [7, 11) is 0. The van der Waals surface area contributed by atoms with Crippen molar-refractivity contribution in [2.75, 3.05) is 37.6 Å². The minimum absolute atomic E-state index is 0.122. The van der Waals surface area contributed by atoms with Crippen LogP contribution in [0.4, 0.5) is 5.95 Å². The Morgan fingerprint density at radius 1 is 0.972 bits per heavy atom. The molecule has 1 aliphatic heterocycles. The number of para-hydroxylation sites is 1. The van der Waals surface area contributed by atoms with Crippen molar-refractivity contribution >= 4 is 22.8 Å². The van der Waals surface area contributed by atoms with Gasteiger partial charge < -0.3 is 9.32 Å². The molecule has 3 heterocycles. The van der Waals surface area contributed by atoms with Crippen molar-refractivity contribution < 1.29 is 9.21 Å². The number of fused-ring (bicyclic) bond motifs is 1. The molecule has 0 aliphatic carbocycles. The zero-order valence-electron chi connectivity index (χ0n) is 20.6. The first-order valence-electron chi connectivity index (χ1n) is 12.3. The molecule has 1 saturated heterocycles. The number of piperazine rings is 1. The number of carbonyl (C=O) groups is 1. The second-order valence-electron chi connectivity index (χ2n) is 8.85. The first-order valence-corrected chi connectivity index (χ1v) is 12.3. The number of nitrogens with zero attached hydrogens (tertiary/aromatic N) is 5. The van der Waals surface area contributed by atoms with Gasteiger partial charge in [-0.05, 0) is 31.5 Å². The zero-order valence-corrected chi connectivity index (χ0v) is 20.6. The summed E-state index contributed by atoms with van der Waals surface area (Å²) < 4.78 is 6.31. The third-order valence-corrected chi connectivity index (χ3v) is 6.51. The molecule has 0 atom stereocenters. The maximum atomic E-state index is 13.9. The number of hydrogen-bond donors (Lipinski definition) is 0. The van der Waals surface area contributed by atoms with Crippen molar-refractivity contribution in [2.24, 2.45) is 0 Å². The van der Waals surface area contributed by atoms with Gasteiger partial charge in [-0.25, -0.2) is 15.0 Å². The molecule has 0 unspecified atom stereocenters. The molecule has 1 fully saturated rings. The molecule has 0 N–H and O–H groups in total. The Kier molecular flexibility index (Phi) is 6.77. The second kappa shape index (κ2) is 10.3. The molecule has 5 rings (SSSR count). The molecule has 2 aromatic carbocycles. The Bertz CT molecular complexity index is 1410. The van der Waals surface area contributed by atoms with E-state index in [2.05, 4.69) is 26.8 Å². The second-order valence-corrected chi connectivity index (χ2v) is 8.85. The highest BCUT2D eigenvalue weighted by atomic mass is 16.3. The molecule has 8 heteroatoms. The van der Waals surface area contributed by atoms with E-state index in [1.807, 2.05) is 30.3 Å². The number of benzene rings is 2. The van der Waals surface area contributed by atoms with Crippen LogP contribution >= 0.6 is 0 Å². The SMILES string of the molecule is CCCN(C(=O)c1cccc2c(=O)c(C)c(-c3ccccc3)oc12)N1CCN(c2ncccn2)CC1. The summed E-state index contributed by atoms with van der Waals surface area (Å²) in [6.07, 6.45) is 4.28. The Morgan fingerprint density at radius 2 is 1.69 bits per heavy atom. The summed E-state index contributed by atoms with van der Waals surface area (Å²) in [6.45, 7) is 7.12. The summed E-state index contributed by atoms with van der Waals surface area (Å²) in [5.74, 6) is 1.02. The fourth-order valence-electron chi connectivity index (χ4n) is 4.66. The van der Waals surface area contributed by atoms with Gasteiger partial charge in [0.25, 0.3) is 5.91 Å². The van der Waals surface area contributed by atoms with Crippen LogP contribution in [0.3, 0.4) is 0 Å². The Morgan fingerprint density at radius 3 is 2.39 bits per heavy atom. The lowest BCUT2D eigenvalue weighted by atomic mass is 10.0. The van der Waals surface area contributed by atoms with Crippen LogP contribution in [0.15, 0.2) is 76.2 Å². The first-order chi connectivity index (χ1) is 17.6. The lowest BCUT2D eigenvalue weighted by Gasteiger charge is -2.41. The van der Waals surface area contributed by atoms with Gasteiger partial charge >= 0.3 is 0 Å². The van der Waals surface area contributed by atoms with Gasteiger partial charge in [-0.1, -0.05) is 43.3 Å². The predicted molar refractivity (Wildman–Crippen MR) is 140 cm³/mol. The van der Waals surface area contributed by atoms with Gasteiger partial charge in [0.15, 0.2) is 11.0 Å². The van der Waals surface area contributed by atoms with E-state index in [1.165, 1.54) is 0 Å². The fourth-order valence-corrected chi connectivity index (χ4v) is 4.66. The zero-order chi connectivity index (χ0) is 25.1. The van der Waals surface area contributed by atoms with Crippen molar-refractivity contribution in [1.82, 2.24) is 20.0 Å². The molecule has 1 amide bonds. The lowest BCUT2D eigenvalue weighted by Crippen LogP contribution is -2.56. The van der Waals surface area contributed by atoms with E-state index in [4.69, 9.17) is 4.42 Å². The first kappa shape index (κ1) is 23.7. The number of hydrazine groups is 1. The van der Waals surface area contributed by atoms with E-state index in [0.29, 0.717) is 66.5 Å². The largest absolute Gasteiger partial charge is 0.455 e. The Labute approximate surface area is 209 Å². The lowest BCUT2D eigenvalue weighted by molar-refractivity contribution is -0.0137. The van der Waals surface area contributed by atoms with Crippen molar-refractivity contribution in [2.45, 2.75) is 20.3 Å². The van der Waals surface area contributed by atoms with Crippen LogP contribution in [0.5, 0.6) is 0 Å². The maximum absolute atomic E-state index is 13.9. The normalized spacial score (nSPS) is 14.2. The molecule has 0 saturated carbocycles. The molecule has 0 spiro atoms. The van der Waals surface area contributed by atoms with Crippen LogP contribution in [0.2, 0.25) is 0 Å². The highest BCUT2D eigenvalue weighted by Crippen LogP contribution is 2.28. The van der Waals surface area contributed by atoms with Crippen LogP contribution in [-0.4, -0.2) is 58.6 Å². The number of anilines is 1. The molecule has 0 bridgehead atoms. The van der Waals surface area contributed by atoms with E-state index in [1.54, 1.807) is 48.6 Å². The number of amides is 1. The average molecular weight is 484 g/mol. The van der Waals surface area contributed by atoms with Crippen molar-refractivity contribution in [3.8, 4) is 11.3 Å². The van der Waals surface area contributed by atoms with Gasteiger partial charge in [0.1, 0.15) is 5.76 Å². The molecular weight excluding hydrogens is 454 g/mol. The van der Waals surface area contributed by atoms with Gasteiger partial charge in [-0.2, -0.15) is 0 Å². The van der Waals surface area contributed by atoms with Crippen LogP contribution in [0.1, 0.15) is 29.3 Å². The molecule has 0 radical (unpaired) electrons. The summed E-state index contributed by atoms with van der Waals surface area (Å²) in [5.41, 5.74) is 1.94. The topological polar surface area (TPSA) is 82.8 Å². The van der Waals surface area contributed by atoms with E-state index >= 15 is 0 Å². The molecule has 2 aromatic heterocycles. The minimum Gasteiger partial charge on any atom is -0.455 e. The van der Waals surface area contributed by atoms with Gasteiger partial charge in [0, 0.05) is 56.2 Å². The monoisotopic (exact) mass is 483 g/mol. The molecule has 8 nitrogen and oxygen atoms in total. The fraction of sp³-hybridized carbons (Fsp3) is 0.286. The van der Waals surface area contributed by atoms with E-state index in [-0.39, 0.29) is 11.3 Å². The van der Waals surface area contributed by atoms with Gasteiger partial charge in [-0.15, -0.1) is 0 Å². The molecule has 184 valence electrons. The molecular formula is C28H29N5O3. The molecule has 1 aliphatic rings. The summed E-state index contributed by atoms with van der Waals surface area (Å²) in [6, 6.07) is 16.5. The van der Waals surface area contributed by atoms with Crippen molar-refractivity contribution in [1.29, 1.82) is 0 Å². The number of rotatable bonds is 6. The van der Waals surface area contributed by atoms with Gasteiger partial charge in [0.2, 0.25) is 5.95 Å². The number of carbonyl (C=O) groups excluding carboxylic acids is 1. The minimum atomic E-state index is -0.169. The van der Waals surface area contributed by atoms with Gasteiger partial charge in [-0.3, -0.25) is 14.6 Å². The third-order valence-electron chi connectivity index (χ3n) is 6.51. The van der Waals surface area contributed by atoms with Crippen molar-refractivity contribution in [3.63, 3.8) is 0 Å². The quantitative estimate of drug-likeness (QED) is 0.407. The van der Waals surface area contributed by atoms with E-state index < -0.39 is 0 Å². The standard InChI is InChI=1S/C28H29N5O3/c1-3-15-33(32-18-16-31(17-19-32)28-29-13-8-14-30-28)27(35)23-12-7-11-22-24(34)20(2)25(36-26(22)23)21-9-5-4-6-10-21/h4-14H,3,15-19H2,1-2H3. The highest BCUT2D eigenvalue weighted by Gasteiger charge is 2.29. The number of hydrogen-bond acceptors (Lipinski definition) is 7. The van der Waals surface area contributed by atoms with Crippen molar-refractivity contribution in [3.05, 3.63) is 88.3 Å². The van der Waals surface area contributed by atoms with Gasteiger partial charge in [0.05, 0.1) is 10.9 Å². The van der Waals surface area contributed by atoms with Crippen LogP contribution in [0, 0.1) is 6.92 Å². The third kappa shape index (κ3) is 4.47. The Balaban J connectivity index is 1.48.